The van der Waals surface area contributed by atoms with Crippen molar-refractivity contribution in [3.8, 4) is 0 Å². The molecule has 1 aromatic heterocycles. The molecule has 1 aliphatic heterocycles. The number of fused-ring (bicyclic) bond motifs is 1. The minimum atomic E-state index is -1.04. The van der Waals surface area contributed by atoms with Gasteiger partial charge in [0.15, 0.2) is 5.78 Å². The van der Waals surface area contributed by atoms with Gasteiger partial charge in [0.1, 0.15) is 17.7 Å². The fourth-order valence-electron chi connectivity index (χ4n) is 5.14. The first-order chi connectivity index (χ1) is 18.1. The number of hydrogen-bond acceptors (Lipinski definition) is 6. The number of H-pyrrole nitrogens is 1. The van der Waals surface area contributed by atoms with Gasteiger partial charge in [-0.1, -0.05) is 32.0 Å². The summed E-state index contributed by atoms with van der Waals surface area (Å²) in [4.78, 5) is 39.9. The van der Waals surface area contributed by atoms with Gasteiger partial charge in [-0.3, -0.25) is 14.4 Å². The maximum atomic E-state index is 15.1. The van der Waals surface area contributed by atoms with E-state index in [1.165, 1.54) is 12.0 Å². The van der Waals surface area contributed by atoms with Gasteiger partial charge < -0.3 is 18.9 Å². The highest BCUT2D eigenvalue weighted by molar-refractivity contribution is 5.97. The van der Waals surface area contributed by atoms with Gasteiger partial charge in [0.2, 0.25) is 5.76 Å². The smallest absolute Gasteiger partial charge is 0.293 e. The minimum absolute atomic E-state index is 0.107. The molecule has 0 fully saturated rings. The minimum Gasteiger partial charge on any atom is -0.384 e. The van der Waals surface area contributed by atoms with Crippen molar-refractivity contribution in [2.75, 3.05) is 27.4 Å². The van der Waals surface area contributed by atoms with Crippen molar-refractivity contribution in [2.24, 2.45) is 0 Å². The number of nitrogens with zero attached hydrogens (tertiary/aromatic N) is 1. The number of Topliss-reactive ketones (excluding diaryl/α,β-unsaturated/α-hetero) is 1. The van der Waals surface area contributed by atoms with Crippen LogP contribution in [-0.2, 0) is 39.1 Å². The molecule has 3 aromatic rings. The molecular formula is C28H30F2N2O6. The lowest BCUT2D eigenvalue weighted by molar-refractivity contribution is -0.123. The third kappa shape index (κ3) is 5.46. The topological polar surface area (TPSA) is 102 Å². The molecule has 2 heterocycles. The second-order valence-corrected chi connectivity index (χ2v) is 10.1. The molecule has 1 atom stereocenters. The second-order valence-electron chi connectivity index (χ2n) is 10.1. The Hall–Kier alpha value is -3.63. The van der Waals surface area contributed by atoms with Gasteiger partial charge in [-0.25, -0.2) is 8.78 Å². The Morgan fingerprint density at radius 2 is 1.79 bits per heavy atom. The predicted octanol–water partition coefficient (Wildman–Crippen LogP) is 3.87. The molecule has 0 unspecified atom stereocenters. The average Bonchev–Trinajstić information content (AvgIpc) is 3.28. The van der Waals surface area contributed by atoms with Crippen molar-refractivity contribution in [3.63, 3.8) is 0 Å². The molecule has 0 saturated heterocycles. The molecule has 0 bridgehead atoms. The monoisotopic (exact) mass is 528 g/mol. The van der Waals surface area contributed by atoms with Gasteiger partial charge in [-0.2, -0.15) is 5.16 Å². The van der Waals surface area contributed by atoms with Crippen LogP contribution < -0.4 is 5.56 Å². The van der Waals surface area contributed by atoms with Crippen LogP contribution >= 0.6 is 0 Å². The molecule has 1 aliphatic rings. The molecule has 2 aromatic carbocycles. The van der Waals surface area contributed by atoms with Crippen molar-refractivity contribution in [1.29, 1.82) is 0 Å². The van der Waals surface area contributed by atoms with E-state index in [0.29, 0.717) is 18.6 Å². The predicted molar refractivity (Wildman–Crippen MR) is 134 cm³/mol. The van der Waals surface area contributed by atoms with Crippen molar-refractivity contribution in [2.45, 2.75) is 44.8 Å². The Labute approximate surface area is 218 Å². The summed E-state index contributed by atoms with van der Waals surface area (Å²) in [6.07, 6.45) is 0.146. The molecule has 1 N–H and O–H groups in total. The van der Waals surface area contributed by atoms with E-state index in [2.05, 4.69) is 5.16 Å². The number of ketones is 1. The molecule has 1 amide bonds. The number of halogens is 2. The molecule has 0 radical (unpaired) electrons. The number of carbonyl (C=O) groups is 2. The Balaban J connectivity index is 1.70. The standard InChI is InChI=1S/C28H30F2N2O6/c1-28(2,15-37-4)25-20(29)10-17(11-21(25)30)12-22(33)26-19-6-5-16(14-36-3)9-18(19)7-8-32(26)27(35)23-13-24(34)31-38-23/h5-6,9-11,13,26H,7-8,12,14-15H2,1-4H3,(H,31,34)/t26-/m1/s1. The van der Waals surface area contributed by atoms with Crippen molar-refractivity contribution in [3.05, 3.63) is 92.0 Å². The van der Waals surface area contributed by atoms with Crippen LogP contribution in [0.15, 0.2) is 45.7 Å². The molecule has 0 spiro atoms. The van der Waals surface area contributed by atoms with Crippen LogP contribution in [0.2, 0.25) is 0 Å². The number of benzene rings is 2. The summed E-state index contributed by atoms with van der Waals surface area (Å²) >= 11 is 0. The normalized spacial score (nSPS) is 15.4. The summed E-state index contributed by atoms with van der Waals surface area (Å²) in [6.45, 7) is 4.01. The van der Waals surface area contributed by atoms with E-state index in [1.54, 1.807) is 33.1 Å². The summed E-state index contributed by atoms with van der Waals surface area (Å²) < 4.78 is 45.5. The average molecular weight is 529 g/mol. The van der Waals surface area contributed by atoms with Crippen LogP contribution in [0.4, 0.5) is 8.78 Å². The van der Waals surface area contributed by atoms with E-state index in [0.717, 1.165) is 29.3 Å². The lowest BCUT2D eigenvalue weighted by Gasteiger charge is -2.36. The van der Waals surface area contributed by atoms with E-state index in [9.17, 15) is 14.4 Å². The summed E-state index contributed by atoms with van der Waals surface area (Å²) in [5, 5.41) is 2.08. The number of rotatable bonds is 9. The lowest BCUT2D eigenvalue weighted by Crippen LogP contribution is -2.44. The van der Waals surface area contributed by atoms with Crippen molar-refractivity contribution in [1.82, 2.24) is 10.1 Å². The first kappa shape index (κ1) is 27.4. The van der Waals surface area contributed by atoms with E-state index < -0.39 is 40.3 Å². The van der Waals surface area contributed by atoms with Crippen LogP contribution in [0.25, 0.3) is 0 Å². The number of ether oxygens (including phenoxy) is 2. The summed E-state index contributed by atoms with van der Waals surface area (Å²) in [6, 6.07) is 7.76. The summed E-state index contributed by atoms with van der Waals surface area (Å²) in [7, 11) is 3.03. The molecule has 202 valence electrons. The van der Waals surface area contributed by atoms with Crippen molar-refractivity contribution >= 4 is 11.7 Å². The zero-order valence-electron chi connectivity index (χ0n) is 21.7. The van der Waals surface area contributed by atoms with E-state index in [1.807, 2.05) is 6.07 Å². The van der Waals surface area contributed by atoms with Gasteiger partial charge in [0, 0.05) is 38.2 Å². The highest BCUT2D eigenvalue weighted by Gasteiger charge is 2.38. The zero-order chi connectivity index (χ0) is 27.6. The van der Waals surface area contributed by atoms with E-state index in [4.69, 9.17) is 14.0 Å². The number of methoxy groups -OCH3 is 2. The molecular weight excluding hydrogens is 498 g/mol. The SMILES string of the molecule is COCc1ccc2c(c1)CCN(C(=O)c1cc(=O)[nH]o1)[C@H]2C(=O)Cc1cc(F)c(C(C)(C)COC)c(F)c1. The highest BCUT2D eigenvalue weighted by Crippen LogP contribution is 2.35. The molecule has 0 saturated carbocycles. The number of nitrogens with one attached hydrogen (secondary N) is 1. The highest BCUT2D eigenvalue weighted by atomic mass is 19.1. The molecule has 38 heavy (non-hydrogen) atoms. The van der Waals surface area contributed by atoms with Crippen LogP contribution in [0.5, 0.6) is 0 Å². The number of amides is 1. The maximum absolute atomic E-state index is 15.1. The summed E-state index contributed by atoms with van der Waals surface area (Å²) in [5.41, 5.74) is 0.900. The zero-order valence-corrected chi connectivity index (χ0v) is 21.7. The van der Waals surface area contributed by atoms with Crippen LogP contribution in [0, 0.1) is 11.6 Å². The molecule has 4 rings (SSSR count). The fourth-order valence-corrected chi connectivity index (χ4v) is 5.14. The lowest BCUT2D eigenvalue weighted by atomic mass is 9.83. The summed E-state index contributed by atoms with van der Waals surface area (Å²) in [5.74, 6) is -2.84. The fraction of sp³-hybridized carbons (Fsp3) is 0.393. The first-order valence-electron chi connectivity index (χ1n) is 12.2. The largest absolute Gasteiger partial charge is 0.384 e. The molecule has 0 aliphatic carbocycles. The van der Waals surface area contributed by atoms with Crippen LogP contribution in [0.1, 0.15) is 58.3 Å². The van der Waals surface area contributed by atoms with Gasteiger partial charge in [-0.15, -0.1) is 0 Å². The van der Waals surface area contributed by atoms with Gasteiger partial charge in [-0.05, 0) is 40.8 Å². The molecule has 8 nitrogen and oxygen atoms in total. The Bertz CT molecular complexity index is 1390. The van der Waals surface area contributed by atoms with Crippen LogP contribution in [-0.4, -0.2) is 49.1 Å². The maximum Gasteiger partial charge on any atom is 0.293 e. The Kier molecular flexibility index (Phi) is 7.94. The number of carbonyl (C=O) groups excluding carboxylic acids is 2. The van der Waals surface area contributed by atoms with E-state index >= 15 is 8.78 Å². The Morgan fingerprint density at radius 1 is 1.08 bits per heavy atom. The third-order valence-corrected chi connectivity index (χ3v) is 6.71. The molecule has 10 heteroatoms. The van der Waals surface area contributed by atoms with Gasteiger partial charge in [0.05, 0.1) is 19.3 Å². The second kappa shape index (κ2) is 11.0. The van der Waals surface area contributed by atoms with E-state index in [-0.39, 0.29) is 36.5 Å². The first-order valence-corrected chi connectivity index (χ1v) is 12.2. The van der Waals surface area contributed by atoms with Gasteiger partial charge >= 0.3 is 0 Å². The quantitative estimate of drug-likeness (QED) is 0.453. The third-order valence-electron chi connectivity index (χ3n) is 6.71. The van der Waals surface area contributed by atoms with Crippen LogP contribution in [0.3, 0.4) is 0 Å². The number of aromatic amines is 1. The number of hydrogen-bond donors (Lipinski definition) is 1. The Morgan fingerprint density at radius 3 is 2.39 bits per heavy atom. The van der Waals surface area contributed by atoms with Crippen molar-refractivity contribution < 1.29 is 32.4 Å². The van der Waals surface area contributed by atoms with Gasteiger partial charge in [0.25, 0.3) is 11.5 Å². The number of aromatic nitrogens is 1.